The number of carbonyl (C=O) groups is 4. The Morgan fingerprint density at radius 2 is 1.60 bits per heavy atom. The smallest absolute Gasteiger partial charge is 0.251 e. The second-order valence-electron chi connectivity index (χ2n) is 10.8. The number of rotatable bonds is 17. The van der Waals surface area contributed by atoms with Crippen molar-refractivity contribution >= 4 is 40.0 Å². The van der Waals surface area contributed by atoms with E-state index >= 15 is 0 Å². The van der Waals surface area contributed by atoms with Crippen LogP contribution in [0.25, 0.3) is 0 Å². The second-order valence-corrected chi connectivity index (χ2v) is 11.9. The number of thiophene rings is 1. The molecule has 0 saturated carbocycles. The normalized spacial score (nSPS) is 13.6. The molecule has 3 rings (SSSR count). The van der Waals surface area contributed by atoms with Crippen LogP contribution >= 0.6 is 11.3 Å². The van der Waals surface area contributed by atoms with E-state index in [0.29, 0.717) is 51.1 Å². The van der Waals surface area contributed by atoms with E-state index < -0.39 is 0 Å². The molecule has 9 nitrogen and oxygen atoms in total. The number of hydrogen-bond acceptors (Lipinski definition) is 6. The van der Waals surface area contributed by atoms with Gasteiger partial charge in [-0.05, 0) is 57.6 Å². The second kappa shape index (κ2) is 18.1. The molecule has 42 heavy (non-hydrogen) atoms. The van der Waals surface area contributed by atoms with Crippen molar-refractivity contribution in [3.05, 3.63) is 65.1 Å². The number of piperazine rings is 1. The predicted molar refractivity (Wildman–Crippen MR) is 169 cm³/mol. The lowest BCUT2D eigenvalue weighted by Crippen LogP contribution is -2.51. The van der Waals surface area contributed by atoms with Crippen molar-refractivity contribution in [3.63, 3.8) is 0 Å². The fraction of sp³-hybridized carbons (Fsp3) is 0.500. The molecule has 228 valence electrons. The van der Waals surface area contributed by atoms with Gasteiger partial charge in [-0.2, -0.15) is 0 Å². The standard InChI is InChI=1S/C32H45N5O4S/c1-35(2)22-12-15-29(39)36-23-24-37(30(40)25-36)31-19-17-27(42-31)16-18-28(38)33-20-10-5-3-4-6-11-21-34-32(41)26-13-8-7-9-14-26/h7-9,12-15,17,19H,3-6,10-11,16,18,20-25H2,1-2H3,(H,33,38)(H,34,41). The Balaban J connectivity index is 1.21. The summed E-state index contributed by atoms with van der Waals surface area (Å²) >= 11 is 1.53. The fourth-order valence-electron chi connectivity index (χ4n) is 4.61. The summed E-state index contributed by atoms with van der Waals surface area (Å²) in [4.78, 5) is 55.7. The zero-order valence-electron chi connectivity index (χ0n) is 25.0. The number of aryl methyl sites for hydroxylation is 1. The van der Waals surface area contributed by atoms with Gasteiger partial charge in [-0.15, -0.1) is 11.3 Å². The minimum Gasteiger partial charge on any atom is -0.356 e. The van der Waals surface area contributed by atoms with Gasteiger partial charge in [0.25, 0.3) is 5.91 Å². The third kappa shape index (κ3) is 11.8. The van der Waals surface area contributed by atoms with Crippen LogP contribution in [0, 0.1) is 0 Å². The molecule has 0 spiro atoms. The Morgan fingerprint density at radius 1 is 0.905 bits per heavy atom. The van der Waals surface area contributed by atoms with Gasteiger partial charge in [-0.25, -0.2) is 0 Å². The molecular formula is C32H45N5O4S. The number of hydrogen-bond donors (Lipinski definition) is 2. The number of nitrogens with one attached hydrogen (secondary N) is 2. The molecule has 1 saturated heterocycles. The van der Waals surface area contributed by atoms with Gasteiger partial charge in [-0.3, -0.25) is 19.2 Å². The van der Waals surface area contributed by atoms with E-state index in [4.69, 9.17) is 0 Å². The zero-order valence-corrected chi connectivity index (χ0v) is 25.8. The molecule has 0 atom stereocenters. The average molecular weight is 596 g/mol. The maximum Gasteiger partial charge on any atom is 0.251 e. The van der Waals surface area contributed by atoms with E-state index in [2.05, 4.69) is 10.6 Å². The van der Waals surface area contributed by atoms with E-state index in [-0.39, 0.29) is 30.2 Å². The number of anilines is 1. The number of benzene rings is 1. The summed E-state index contributed by atoms with van der Waals surface area (Å²) in [6, 6.07) is 13.2. The Bertz CT molecular complexity index is 1180. The highest BCUT2D eigenvalue weighted by molar-refractivity contribution is 7.16. The van der Waals surface area contributed by atoms with Crippen molar-refractivity contribution in [2.75, 3.05) is 58.3 Å². The van der Waals surface area contributed by atoms with Crippen molar-refractivity contribution in [1.82, 2.24) is 20.4 Å². The monoisotopic (exact) mass is 595 g/mol. The first-order valence-corrected chi connectivity index (χ1v) is 15.7. The molecule has 0 radical (unpaired) electrons. The summed E-state index contributed by atoms with van der Waals surface area (Å²) in [6.45, 7) is 3.10. The maximum absolute atomic E-state index is 12.7. The molecule has 1 aromatic carbocycles. The SMILES string of the molecule is CN(C)CC=CC(=O)N1CCN(c2ccc(CCC(=O)NCCCCCCCCNC(=O)c3ccccc3)s2)C(=O)C1. The van der Waals surface area contributed by atoms with E-state index in [1.54, 1.807) is 9.80 Å². The van der Waals surface area contributed by atoms with Gasteiger partial charge in [0.05, 0.1) is 5.00 Å². The summed E-state index contributed by atoms with van der Waals surface area (Å²) in [5.41, 5.74) is 0.695. The largest absolute Gasteiger partial charge is 0.356 e. The molecule has 2 N–H and O–H groups in total. The molecule has 1 aromatic heterocycles. The van der Waals surface area contributed by atoms with Gasteiger partial charge in [0.15, 0.2) is 0 Å². The van der Waals surface area contributed by atoms with Gasteiger partial charge in [0, 0.05) is 55.7 Å². The number of unbranched alkanes of at least 4 members (excludes halogenated alkanes) is 5. The third-order valence-electron chi connectivity index (χ3n) is 7.02. The highest BCUT2D eigenvalue weighted by atomic mass is 32.1. The molecule has 2 heterocycles. The lowest BCUT2D eigenvalue weighted by Gasteiger charge is -2.33. The predicted octanol–water partition coefficient (Wildman–Crippen LogP) is 3.86. The fourth-order valence-corrected chi connectivity index (χ4v) is 5.66. The molecule has 1 aliphatic rings. The van der Waals surface area contributed by atoms with Crippen LogP contribution in [0.1, 0.15) is 60.2 Å². The van der Waals surface area contributed by atoms with Crippen LogP contribution in [0.2, 0.25) is 0 Å². The van der Waals surface area contributed by atoms with Crippen LogP contribution in [-0.4, -0.2) is 86.8 Å². The van der Waals surface area contributed by atoms with E-state index in [0.717, 1.165) is 48.4 Å². The maximum atomic E-state index is 12.7. The summed E-state index contributed by atoms with van der Waals surface area (Å²) in [7, 11) is 3.87. The van der Waals surface area contributed by atoms with Crippen LogP contribution in [0.3, 0.4) is 0 Å². The topological polar surface area (TPSA) is 102 Å². The number of nitrogens with zero attached hydrogens (tertiary/aromatic N) is 3. The van der Waals surface area contributed by atoms with Crippen molar-refractivity contribution < 1.29 is 19.2 Å². The third-order valence-corrected chi connectivity index (χ3v) is 8.19. The van der Waals surface area contributed by atoms with E-state index in [1.807, 2.05) is 67.5 Å². The van der Waals surface area contributed by atoms with Crippen LogP contribution < -0.4 is 15.5 Å². The molecule has 2 aromatic rings. The Morgan fingerprint density at radius 3 is 2.29 bits per heavy atom. The highest BCUT2D eigenvalue weighted by Gasteiger charge is 2.28. The molecule has 0 bridgehead atoms. The zero-order chi connectivity index (χ0) is 30.2. The molecule has 0 unspecified atom stereocenters. The van der Waals surface area contributed by atoms with E-state index in [1.165, 1.54) is 17.4 Å². The summed E-state index contributed by atoms with van der Waals surface area (Å²) in [5, 5.41) is 6.84. The summed E-state index contributed by atoms with van der Waals surface area (Å²) in [6.07, 6.45) is 10.7. The van der Waals surface area contributed by atoms with Gasteiger partial charge in [0.2, 0.25) is 17.7 Å². The minimum atomic E-state index is -0.135. The molecule has 4 amide bonds. The summed E-state index contributed by atoms with van der Waals surface area (Å²) < 4.78 is 0. The molecule has 10 heteroatoms. The summed E-state index contributed by atoms with van der Waals surface area (Å²) in [5.74, 6) is -0.196. The highest BCUT2D eigenvalue weighted by Crippen LogP contribution is 2.28. The average Bonchev–Trinajstić information content (AvgIpc) is 3.45. The van der Waals surface area contributed by atoms with Crippen molar-refractivity contribution in [2.24, 2.45) is 0 Å². The Kier molecular flexibility index (Phi) is 14.2. The number of carbonyl (C=O) groups excluding carboxylic acids is 4. The first-order valence-electron chi connectivity index (χ1n) is 14.9. The van der Waals surface area contributed by atoms with Crippen LogP contribution in [0.5, 0.6) is 0 Å². The first-order chi connectivity index (χ1) is 20.3. The van der Waals surface area contributed by atoms with Crippen molar-refractivity contribution in [3.8, 4) is 0 Å². The van der Waals surface area contributed by atoms with Gasteiger partial charge < -0.3 is 25.3 Å². The molecule has 1 aliphatic heterocycles. The lowest BCUT2D eigenvalue weighted by atomic mass is 10.1. The van der Waals surface area contributed by atoms with E-state index in [9.17, 15) is 19.2 Å². The van der Waals surface area contributed by atoms with Crippen molar-refractivity contribution in [2.45, 2.75) is 51.4 Å². The van der Waals surface area contributed by atoms with Crippen molar-refractivity contribution in [1.29, 1.82) is 0 Å². The van der Waals surface area contributed by atoms with Crippen LogP contribution in [0.4, 0.5) is 5.00 Å². The Hall–Kier alpha value is -3.50. The van der Waals surface area contributed by atoms with Crippen LogP contribution in [0.15, 0.2) is 54.6 Å². The number of amides is 4. The van der Waals surface area contributed by atoms with Gasteiger partial charge >= 0.3 is 0 Å². The molecular weight excluding hydrogens is 550 g/mol. The first kappa shape index (κ1) is 33.0. The molecule has 0 aliphatic carbocycles. The lowest BCUT2D eigenvalue weighted by molar-refractivity contribution is -0.133. The van der Waals surface area contributed by atoms with Gasteiger partial charge in [-0.1, -0.05) is 50.0 Å². The minimum absolute atomic E-state index is 0.0201. The van der Waals surface area contributed by atoms with Crippen LogP contribution in [-0.2, 0) is 20.8 Å². The Labute approximate surface area is 253 Å². The quantitative estimate of drug-likeness (QED) is 0.214. The number of likely N-dealkylation sites (N-methyl/N-ethyl adjacent to an activating group) is 1. The molecule has 1 fully saturated rings. The van der Waals surface area contributed by atoms with Gasteiger partial charge in [0.1, 0.15) is 6.54 Å².